The predicted molar refractivity (Wildman–Crippen MR) is 114 cm³/mol. The molecule has 0 spiro atoms. The molecule has 0 saturated carbocycles. The highest BCUT2D eigenvalue weighted by Gasteiger charge is 2.20. The van der Waals surface area contributed by atoms with E-state index in [0.717, 1.165) is 29.9 Å². The van der Waals surface area contributed by atoms with E-state index in [2.05, 4.69) is 0 Å². The summed E-state index contributed by atoms with van der Waals surface area (Å²) in [7, 11) is 0. The second-order valence-electron chi connectivity index (χ2n) is 7.01. The number of aromatic nitrogens is 1. The Morgan fingerprint density at radius 2 is 2.07 bits per heavy atom. The van der Waals surface area contributed by atoms with Crippen LogP contribution in [-0.2, 0) is 16.0 Å². The van der Waals surface area contributed by atoms with Crippen molar-refractivity contribution in [3.8, 4) is 11.3 Å². The Morgan fingerprint density at radius 3 is 2.77 bits per heavy atom. The van der Waals surface area contributed by atoms with Gasteiger partial charge in [0.1, 0.15) is 5.82 Å². The van der Waals surface area contributed by atoms with E-state index in [1.54, 1.807) is 43.3 Å². The number of benzene rings is 2. The quantitative estimate of drug-likeness (QED) is 0.525. The molecule has 0 aliphatic carbocycles. The van der Waals surface area contributed by atoms with Gasteiger partial charge >= 0.3 is 5.97 Å². The second kappa shape index (κ2) is 9.36. The fourth-order valence-corrected chi connectivity index (χ4v) is 4.40. The molecule has 0 radical (unpaired) electrons. The van der Waals surface area contributed by atoms with Crippen LogP contribution in [-0.4, -0.2) is 29.9 Å². The van der Waals surface area contributed by atoms with E-state index in [-0.39, 0.29) is 17.9 Å². The number of hydrogen-bond acceptors (Lipinski definition) is 5. The molecular formula is C23H23FN2O3S. The van der Waals surface area contributed by atoms with Crippen LogP contribution >= 0.6 is 11.3 Å². The maximum atomic E-state index is 14.5. The van der Waals surface area contributed by atoms with Crippen LogP contribution in [0.1, 0.15) is 30.1 Å². The van der Waals surface area contributed by atoms with Gasteiger partial charge in [-0.15, -0.1) is 11.3 Å². The third-order valence-corrected chi connectivity index (χ3v) is 5.82. The highest BCUT2D eigenvalue weighted by atomic mass is 32.1. The summed E-state index contributed by atoms with van der Waals surface area (Å²) in [6.07, 6.45) is 2.11. The van der Waals surface area contributed by atoms with Gasteiger partial charge in [-0.3, -0.25) is 0 Å². The number of esters is 1. The van der Waals surface area contributed by atoms with Gasteiger partial charge in [0.15, 0.2) is 4.80 Å². The maximum Gasteiger partial charge on any atom is 0.338 e. The van der Waals surface area contributed by atoms with Crippen molar-refractivity contribution in [1.29, 1.82) is 0 Å². The largest absolute Gasteiger partial charge is 0.462 e. The number of carbonyl (C=O) groups excluding carboxylic acids is 1. The lowest BCUT2D eigenvalue weighted by molar-refractivity contribution is 0.0526. The average Bonchev–Trinajstić information content (AvgIpc) is 3.40. The number of rotatable bonds is 6. The zero-order chi connectivity index (χ0) is 20.9. The molecular weight excluding hydrogens is 403 g/mol. The first-order valence-electron chi connectivity index (χ1n) is 10.0. The average molecular weight is 427 g/mol. The summed E-state index contributed by atoms with van der Waals surface area (Å²) in [5, 5.41) is 1.93. The van der Waals surface area contributed by atoms with Gasteiger partial charge in [0.05, 0.1) is 36.2 Å². The Kier molecular flexibility index (Phi) is 6.40. The van der Waals surface area contributed by atoms with E-state index in [4.69, 9.17) is 14.5 Å². The minimum Gasteiger partial charge on any atom is -0.462 e. The first-order chi connectivity index (χ1) is 14.7. The van der Waals surface area contributed by atoms with Crippen LogP contribution in [0.5, 0.6) is 0 Å². The molecule has 1 aromatic heterocycles. The lowest BCUT2D eigenvalue weighted by atomic mass is 10.1. The number of halogens is 1. The third kappa shape index (κ3) is 4.52. The zero-order valence-electron chi connectivity index (χ0n) is 16.7. The molecule has 1 atom stereocenters. The molecule has 0 N–H and O–H groups in total. The lowest BCUT2D eigenvalue weighted by Gasteiger charge is -2.14. The van der Waals surface area contributed by atoms with E-state index in [9.17, 15) is 9.18 Å². The van der Waals surface area contributed by atoms with Gasteiger partial charge in [0, 0.05) is 17.6 Å². The van der Waals surface area contributed by atoms with Gasteiger partial charge in [-0.25, -0.2) is 14.2 Å². The fourth-order valence-electron chi connectivity index (χ4n) is 3.47. The number of carbonyl (C=O) groups is 1. The minimum atomic E-state index is -0.351. The van der Waals surface area contributed by atoms with Crippen LogP contribution in [0.15, 0.2) is 58.9 Å². The van der Waals surface area contributed by atoms with Crippen LogP contribution in [0.3, 0.4) is 0 Å². The van der Waals surface area contributed by atoms with Crippen molar-refractivity contribution < 1.29 is 18.7 Å². The SMILES string of the molecule is CCOC(=O)c1ccc(N=c2scc(-c3ccccc3F)n2C[C@@H]2CCCO2)cc1. The molecule has 2 heterocycles. The topological polar surface area (TPSA) is 52.8 Å². The number of hydrogen-bond donors (Lipinski definition) is 0. The highest BCUT2D eigenvalue weighted by Crippen LogP contribution is 2.25. The van der Waals surface area contributed by atoms with Crippen LogP contribution in [0.25, 0.3) is 11.3 Å². The van der Waals surface area contributed by atoms with E-state index >= 15 is 0 Å². The van der Waals surface area contributed by atoms with Crippen LogP contribution in [0.2, 0.25) is 0 Å². The summed E-state index contributed by atoms with van der Waals surface area (Å²) in [4.78, 5) is 17.4. The molecule has 0 amide bonds. The smallest absolute Gasteiger partial charge is 0.338 e. The van der Waals surface area contributed by atoms with Crippen molar-refractivity contribution in [3.63, 3.8) is 0 Å². The molecule has 0 bridgehead atoms. The summed E-state index contributed by atoms with van der Waals surface area (Å²) in [5.41, 5.74) is 2.54. The molecule has 30 heavy (non-hydrogen) atoms. The second-order valence-corrected chi connectivity index (χ2v) is 7.84. The van der Waals surface area contributed by atoms with Gasteiger partial charge < -0.3 is 14.0 Å². The summed E-state index contributed by atoms with van der Waals surface area (Å²) < 4.78 is 27.3. The van der Waals surface area contributed by atoms with E-state index in [1.165, 1.54) is 17.4 Å². The lowest BCUT2D eigenvalue weighted by Crippen LogP contribution is -2.24. The molecule has 156 valence electrons. The van der Waals surface area contributed by atoms with Gasteiger partial charge in [-0.05, 0) is 56.2 Å². The highest BCUT2D eigenvalue weighted by molar-refractivity contribution is 7.07. The summed E-state index contributed by atoms with van der Waals surface area (Å²) >= 11 is 1.46. The number of thiazole rings is 1. The Labute approximate surface area is 178 Å². The first kappa shape index (κ1) is 20.5. The normalized spacial score (nSPS) is 16.7. The van der Waals surface area contributed by atoms with Gasteiger partial charge in [-0.1, -0.05) is 12.1 Å². The molecule has 1 aliphatic heterocycles. The number of nitrogens with zero attached hydrogens (tertiary/aromatic N) is 2. The minimum absolute atomic E-state index is 0.0928. The molecule has 1 fully saturated rings. The zero-order valence-corrected chi connectivity index (χ0v) is 17.5. The number of ether oxygens (including phenoxy) is 2. The predicted octanol–water partition coefficient (Wildman–Crippen LogP) is 4.94. The maximum absolute atomic E-state index is 14.5. The molecule has 0 unspecified atom stereocenters. The standard InChI is InChI=1S/C23H23FN2O3S/c1-2-28-22(27)16-9-11-17(12-10-16)25-23-26(14-18-6-5-13-29-18)21(15-30-23)19-7-3-4-8-20(19)24/h3-4,7-12,15,18H,2,5-6,13-14H2,1H3/t18-/m0/s1. The van der Waals surface area contributed by atoms with Gasteiger partial charge in [-0.2, -0.15) is 0 Å². The van der Waals surface area contributed by atoms with E-state index < -0.39 is 0 Å². The molecule has 1 saturated heterocycles. The van der Waals surface area contributed by atoms with Crippen molar-refractivity contribution in [3.05, 3.63) is 70.1 Å². The van der Waals surface area contributed by atoms with Crippen molar-refractivity contribution in [2.45, 2.75) is 32.4 Å². The van der Waals surface area contributed by atoms with Crippen LogP contribution in [0, 0.1) is 5.82 Å². The van der Waals surface area contributed by atoms with Crippen molar-refractivity contribution in [2.75, 3.05) is 13.2 Å². The van der Waals surface area contributed by atoms with Gasteiger partial charge in [0.25, 0.3) is 0 Å². The fraction of sp³-hybridized carbons (Fsp3) is 0.304. The summed E-state index contributed by atoms with van der Waals surface area (Å²) in [5.74, 6) is -0.614. The third-order valence-electron chi connectivity index (χ3n) is 4.96. The summed E-state index contributed by atoms with van der Waals surface area (Å²) in [6.45, 7) is 3.49. The Morgan fingerprint density at radius 1 is 1.27 bits per heavy atom. The van der Waals surface area contributed by atoms with E-state index in [0.29, 0.717) is 30.0 Å². The Hall–Kier alpha value is -2.77. The molecule has 5 nitrogen and oxygen atoms in total. The molecule has 4 rings (SSSR count). The molecule has 1 aliphatic rings. The van der Waals surface area contributed by atoms with Crippen molar-refractivity contribution in [2.24, 2.45) is 4.99 Å². The Balaban J connectivity index is 1.72. The molecule has 2 aromatic carbocycles. The van der Waals surface area contributed by atoms with Crippen molar-refractivity contribution >= 4 is 23.0 Å². The summed E-state index contributed by atoms with van der Waals surface area (Å²) in [6, 6.07) is 13.7. The van der Waals surface area contributed by atoms with Crippen molar-refractivity contribution in [1.82, 2.24) is 4.57 Å². The van der Waals surface area contributed by atoms with Crippen LogP contribution < -0.4 is 4.80 Å². The molecule has 7 heteroatoms. The Bertz CT molecular complexity index is 1080. The van der Waals surface area contributed by atoms with Crippen LogP contribution in [0.4, 0.5) is 10.1 Å². The first-order valence-corrected chi connectivity index (χ1v) is 10.9. The molecule has 3 aromatic rings. The monoisotopic (exact) mass is 426 g/mol. The van der Waals surface area contributed by atoms with Gasteiger partial charge in [0.2, 0.25) is 0 Å². The van der Waals surface area contributed by atoms with E-state index in [1.807, 2.05) is 16.0 Å².